The third-order valence-electron chi connectivity index (χ3n) is 4.12. The molecule has 2 fully saturated rings. The highest BCUT2D eigenvalue weighted by atomic mass is 16.5. The van der Waals surface area contributed by atoms with Gasteiger partial charge in [0.05, 0.1) is 0 Å². The number of carbonyl (C=O) groups excluding carboxylic acids is 1. The smallest absolute Gasteiger partial charge is 0.323 e. The average molecular weight is 245 g/mol. The van der Waals surface area contributed by atoms with Crippen LogP contribution in [0.25, 0.3) is 0 Å². The van der Waals surface area contributed by atoms with Crippen LogP contribution < -0.4 is 5.32 Å². The zero-order valence-electron chi connectivity index (χ0n) is 10.5. The molecular weight excluding hydrogens is 226 g/mol. The van der Waals surface area contributed by atoms with Crippen molar-refractivity contribution in [3.8, 4) is 0 Å². The van der Waals surface area contributed by atoms with Gasteiger partial charge in [-0.15, -0.1) is 0 Å². The number of esters is 1. The van der Waals surface area contributed by atoms with Crippen LogP contribution in [0, 0.1) is 5.92 Å². The minimum absolute atomic E-state index is 0.0796. The molecule has 1 aromatic rings. The predicted octanol–water partition coefficient (Wildman–Crippen LogP) is 2.26. The van der Waals surface area contributed by atoms with Crippen LogP contribution >= 0.6 is 0 Å². The van der Waals surface area contributed by atoms with E-state index < -0.39 is 0 Å². The van der Waals surface area contributed by atoms with Crippen molar-refractivity contribution in [3.05, 3.63) is 35.9 Å². The van der Waals surface area contributed by atoms with Gasteiger partial charge in [0.15, 0.2) is 0 Å². The van der Waals surface area contributed by atoms with E-state index in [4.69, 9.17) is 4.74 Å². The second kappa shape index (κ2) is 5.11. The maximum atomic E-state index is 12.0. The lowest BCUT2D eigenvalue weighted by molar-refractivity contribution is -0.147. The van der Waals surface area contributed by atoms with E-state index in [-0.39, 0.29) is 12.0 Å². The summed E-state index contributed by atoms with van der Waals surface area (Å²) in [6.45, 7) is 0.382. The molecule has 1 N–H and O–H groups in total. The van der Waals surface area contributed by atoms with Gasteiger partial charge in [-0.05, 0) is 30.7 Å². The van der Waals surface area contributed by atoms with Crippen LogP contribution in [0.2, 0.25) is 0 Å². The molecule has 96 valence electrons. The monoisotopic (exact) mass is 245 g/mol. The number of benzene rings is 1. The Morgan fingerprint density at radius 1 is 1.28 bits per heavy atom. The summed E-state index contributed by atoms with van der Waals surface area (Å²) in [5.74, 6) is 0.604. The van der Waals surface area contributed by atoms with Gasteiger partial charge in [0.1, 0.15) is 12.6 Å². The third-order valence-corrected chi connectivity index (χ3v) is 4.12. The number of carbonyl (C=O) groups is 1. The van der Waals surface area contributed by atoms with Crippen molar-refractivity contribution >= 4 is 5.97 Å². The number of nitrogens with one attached hydrogen (secondary N) is 1. The molecule has 3 atom stereocenters. The molecule has 1 saturated carbocycles. The summed E-state index contributed by atoms with van der Waals surface area (Å²) >= 11 is 0. The first-order chi connectivity index (χ1) is 8.83. The van der Waals surface area contributed by atoms with Crippen molar-refractivity contribution in [2.45, 2.75) is 44.4 Å². The van der Waals surface area contributed by atoms with Crippen molar-refractivity contribution < 1.29 is 9.53 Å². The van der Waals surface area contributed by atoms with Crippen molar-refractivity contribution in [2.24, 2.45) is 5.92 Å². The summed E-state index contributed by atoms with van der Waals surface area (Å²) < 4.78 is 5.38. The summed E-state index contributed by atoms with van der Waals surface area (Å²) in [6, 6.07) is 10.3. The molecule has 3 rings (SSSR count). The van der Waals surface area contributed by atoms with Crippen LogP contribution in [0.1, 0.15) is 31.2 Å². The largest absolute Gasteiger partial charge is 0.460 e. The van der Waals surface area contributed by atoms with Crippen molar-refractivity contribution in [3.63, 3.8) is 0 Å². The number of hydrogen-bond donors (Lipinski definition) is 1. The van der Waals surface area contributed by atoms with E-state index in [2.05, 4.69) is 5.32 Å². The maximum Gasteiger partial charge on any atom is 0.323 e. The Balaban J connectivity index is 1.50. The quantitative estimate of drug-likeness (QED) is 0.830. The Hall–Kier alpha value is -1.35. The number of hydrogen-bond acceptors (Lipinski definition) is 3. The lowest BCUT2D eigenvalue weighted by Gasteiger charge is -2.12. The van der Waals surface area contributed by atoms with Gasteiger partial charge in [-0.1, -0.05) is 36.8 Å². The SMILES string of the molecule is O=C(OCc1ccccc1)[C@@H]1C[C@@H]2CCC[C@H]2N1. The first-order valence-corrected chi connectivity index (χ1v) is 6.79. The second-order valence-electron chi connectivity index (χ2n) is 5.35. The van der Waals surface area contributed by atoms with Gasteiger partial charge in [-0.25, -0.2) is 0 Å². The van der Waals surface area contributed by atoms with Gasteiger partial charge in [0.25, 0.3) is 0 Å². The minimum Gasteiger partial charge on any atom is -0.460 e. The average Bonchev–Trinajstić information content (AvgIpc) is 2.98. The van der Waals surface area contributed by atoms with Crippen LogP contribution in [-0.2, 0) is 16.1 Å². The van der Waals surface area contributed by atoms with Crippen LogP contribution in [0.4, 0.5) is 0 Å². The van der Waals surface area contributed by atoms with Gasteiger partial charge < -0.3 is 10.1 Å². The van der Waals surface area contributed by atoms with Crippen molar-refractivity contribution in [2.75, 3.05) is 0 Å². The molecule has 0 radical (unpaired) electrons. The lowest BCUT2D eigenvalue weighted by atomic mass is 10.0. The summed E-state index contributed by atoms with van der Waals surface area (Å²) in [4.78, 5) is 12.0. The number of ether oxygens (including phenoxy) is 1. The molecular formula is C15H19NO2. The second-order valence-corrected chi connectivity index (χ2v) is 5.35. The van der Waals surface area contributed by atoms with Crippen LogP contribution in [0.5, 0.6) is 0 Å². The van der Waals surface area contributed by atoms with E-state index in [1.54, 1.807) is 0 Å². The van der Waals surface area contributed by atoms with Gasteiger partial charge >= 0.3 is 5.97 Å². The Kier molecular flexibility index (Phi) is 3.33. The molecule has 2 aliphatic rings. The Morgan fingerprint density at radius 2 is 2.11 bits per heavy atom. The van der Waals surface area contributed by atoms with E-state index >= 15 is 0 Å². The molecule has 1 aliphatic heterocycles. The van der Waals surface area contributed by atoms with Crippen molar-refractivity contribution in [1.29, 1.82) is 0 Å². The van der Waals surface area contributed by atoms with E-state index in [1.165, 1.54) is 19.3 Å². The predicted molar refractivity (Wildman–Crippen MR) is 68.9 cm³/mol. The fraction of sp³-hybridized carbons (Fsp3) is 0.533. The highest BCUT2D eigenvalue weighted by Gasteiger charge is 2.40. The zero-order chi connectivity index (χ0) is 12.4. The maximum absolute atomic E-state index is 12.0. The van der Waals surface area contributed by atoms with Crippen LogP contribution in [0.3, 0.4) is 0 Å². The molecule has 3 nitrogen and oxygen atoms in total. The number of fused-ring (bicyclic) bond motifs is 1. The summed E-state index contributed by atoms with van der Waals surface area (Å²) in [5, 5.41) is 3.41. The van der Waals surface area contributed by atoms with E-state index in [0.717, 1.165) is 12.0 Å². The molecule has 3 heteroatoms. The standard InChI is InChI=1S/C15H19NO2/c17-15(18-10-11-5-2-1-3-6-11)14-9-12-7-4-8-13(12)16-14/h1-3,5-6,12-14,16H,4,7-10H2/t12-,13+,14-/m0/s1. The normalized spacial score (nSPS) is 30.1. The first-order valence-electron chi connectivity index (χ1n) is 6.79. The highest BCUT2D eigenvalue weighted by molar-refractivity contribution is 5.76. The van der Waals surface area contributed by atoms with Gasteiger partial charge in [-0.2, -0.15) is 0 Å². The molecule has 0 aromatic heterocycles. The topological polar surface area (TPSA) is 38.3 Å². The lowest BCUT2D eigenvalue weighted by Crippen LogP contribution is -2.36. The molecule has 0 amide bonds. The molecule has 1 saturated heterocycles. The minimum atomic E-state index is -0.0896. The third kappa shape index (κ3) is 2.41. The van der Waals surface area contributed by atoms with E-state index in [0.29, 0.717) is 18.6 Å². The molecule has 1 aromatic carbocycles. The Labute approximate surface area is 108 Å². The Morgan fingerprint density at radius 3 is 2.89 bits per heavy atom. The van der Waals surface area contributed by atoms with Gasteiger partial charge in [0, 0.05) is 6.04 Å². The highest BCUT2D eigenvalue weighted by Crippen LogP contribution is 2.34. The molecule has 18 heavy (non-hydrogen) atoms. The molecule has 1 heterocycles. The van der Waals surface area contributed by atoms with Crippen LogP contribution in [0.15, 0.2) is 30.3 Å². The summed E-state index contributed by atoms with van der Waals surface area (Å²) in [5.41, 5.74) is 1.05. The fourth-order valence-electron chi connectivity index (χ4n) is 3.16. The fourth-order valence-corrected chi connectivity index (χ4v) is 3.16. The van der Waals surface area contributed by atoms with Crippen molar-refractivity contribution in [1.82, 2.24) is 5.32 Å². The number of rotatable bonds is 3. The first kappa shape index (κ1) is 11.7. The van der Waals surface area contributed by atoms with Crippen LogP contribution in [-0.4, -0.2) is 18.1 Å². The molecule has 0 unspecified atom stereocenters. The molecule has 1 aliphatic carbocycles. The Bertz CT molecular complexity index is 406. The van der Waals surface area contributed by atoms with Gasteiger partial charge in [0.2, 0.25) is 0 Å². The molecule has 0 bridgehead atoms. The van der Waals surface area contributed by atoms with E-state index in [1.807, 2.05) is 30.3 Å². The summed E-state index contributed by atoms with van der Waals surface area (Å²) in [7, 11) is 0. The van der Waals surface area contributed by atoms with Gasteiger partial charge in [-0.3, -0.25) is 4.79 Å². The molecule has 0 spiro atoms. The van der Waals surface area contributed by atoms with E-state index in [9.17, 15) is 4.79 Å². The zero-order valence-corrected chi connectivity index (χ0v) is 10.5. The summed E-state index contributed by atoms with van der Waals surface area (Å²) in [6.07, 6.45) is 4.74.